The zero-order valence-corrected chi connectivity index (χ0v) is 12.8. The van der Waals surface area contributed by atoms with E-state index in [2.05, 4.69) is 5.32 Å². The summed E-state index contributed by atoms with van der Waals surface area (Å²) in [5.74, 6) is -0.297. The maximum absolute atomic E-state index is 12.2. The topological polar surface area (TPSA) is 74.9 Å². The van der Waals surface area contributed by atoms with E-state index < -0.39 is 5.56 Å². The molecular weight excluding hydrogens is 278 g/mol. The van der Waals surface area contributed by atoms with Crippen molar-refractivity contribution in [1.29, 1.82) is 5.26 Å². The van der Waals surface area contributed by atoms with Gasteiger partial charge in [-0.05, 0) is 50.1 Å². The van der Waals surface area contributed by atoms with Gasteiger partial charge in [0.05, 0.1) is 0 Å². The number of benzene rings is 1. The number of carbonyl (C=O) groups excluding carboxylic acids is 1. The number of nitrogens with one attached hydrogen (secondary N) is 1. The summed E-state index contributed by atoms with van der Waals surface area (Å²) in [5, 5.41) is 11.7. The predicted molar refractivity (Wildman–Crippen MR) is 84.7 cm³/mol. The molecular formula is C17H17N3O2. The number of aromatic nitrogens is 1. The van der Waals surface area contributed by atoms with Gasteiger partial charge in [0.25, 0.3) is 5.56 Å². The number of anilines is 1. The molecule has 0 radical (unpaired) electrons. The first-order chi connectivity index (χ1) is 10.4. The Kier molecular flexibility index (Phi) is 4.42. The van der Waals surface area contributed by atoms with E-state index in [1.807, 2.05) is 38.1 Å². The smallest absolute Gasteiger partial charge is 0.269 e. The summed E-state index contributed by atoms with van der Waals surface area (Å²) >= 11 is 0. The molecule has 1 N–H and O–H groups in total. The lowest BCUT2D eigenvalue weighted by atomic mass is 10.1. The van der Waals surface area contributed by atoms with Crippen LogP contribution in [0.25, 0.3) is 0 Å². The van der Waals surface area contributed by atoms with Crippen molar-refractivity contribution in [2.24, 2.45) is 0 Å². The van der Waals surface area contributed by atoms with Gasteiger partial charge < -0.3 is 9.88 Å². The van der Waals surface area contributed by atoms with Crippen LogP contribution in [0.1, 0.15) is 22.4 Å². The number of nitriles is 1. The maximum atomic E-state index is 12.2. The number of pyridine rings is 1. The normalized spacial score (nSPS) is 10.1. The van der Waals surface area contributed by atoms with E-state index in [1.54, 1.807) is 13.0 Å². The molecule has 0 saturated heterocycles. The molecule has 1 heterocycles. The number of rotatable bonds is 3. The number of hydrogen-bond donors (Lipinski definition) is 1. The van der Waals surface area contributed by atoms with Gasteiger partial charge in [-0.15, -0.1) is 0 Å². The Balaban J connectivity index is 2.25. The second-order valence-electron chi connectivity index (χ2n) is 5.19. The van der Waals surface area contributed by atoms with Gasteiger partial charge >= 0.3 is 0 Å². The fourth-order valence-electron chi connectivity index (χ4n) is 2.17. The first-order valence-corrected chi connectivity index (χ1v) is 6.90. The summed E-state index contributed by atoms with van der Waals surface area (Å²) in [5.41, 5.74) is 3.03. The lowest BCUT2D eigenvalue weighted by molar-refractivity contribution is -0.116. The van der Waals surface area contributed by atoms with Crippen LogP contribution in [0.4, 0.5) is 5.69 Å². The fraction of sp³-hybridized carbons (Fsp3) is 0.235. The van der Waals surface area contributed by atoms with E-state index in [0.717, 1.165) is 16.8 Å². The molecule has 0 atom stereocenters. The largest absolute Gasteiger partial charge is 0.324 e. The highest BCUT2D eigenvalue weighted by Gasteiger charge is 2.11. The molecule has 0 aliphatic rings. The molecule has 1 aromatic heterocycles. The third-order valence-corrected chi connectivity index (χ3v) is 3.69. The monoisotopic (exact) mass is 295 g/mol. The minimum Gasteiger partial charge on any atom is -0.324 e. The minimum atomic E-state index is -0.446. The average molecular weight is 295 g/mol. The number of hydrogen-bond acceptors (Lipinski definition) is 3. The van der Waals surface area contributed by atoms with Gasteiger partial charge in [0.1, 0.15) is 18.2 Å². The first-order valence-electron chi connectivity index (χ1n) is 6.90. The minimum absolute atomic E-state index is 0.0325. The Morgan fingerprint density at radius 1 is 1.23 bits per heavy atom. The molecule has 1 amide bonds. The van der Waals surface area contributed by atoms with E-state index in [-0.39, 0.29) is 18.0 Å². The molecule has 112 valence electrons. The van der Waals surface area contributed by atoms with Crippen LogP contribution in [0.5, 0.6) is 0 Å². The highest BCUT2D eigenvalue weighted by molar-refractivity contribution is 5.91. The highest BCUT2D eigenvalue weighted by Crippen LogP contribution is 2.17. The van der Waals surface area contributed by atoms with Gasteiger partial charge in [-0.1, -0.05) is 12.1 Å². The van der Waals surface area contributed by atoms with Gasteiger partial charge in [0, 0.05) is 11.4 Å². The van der Waals surface area contributed by atoms with Gasteiger partial charge in [0.15, 0.2) is 0 Å². The SMILES string of the molecule is Cc1cccc(NC(=O)Cn2c(C)ccc(C#N)c2=O)c1C. The Labute approximate surface area is 128 Å². The molecule has 1 aromatic carbocycles. The number of nitrogens with zero attached hydrogens (tertiary/aromatic N) is 2. The Morgan fingerprint density at radius 2 is 1.95 bits per heavy atom. The van der Waals surface area contributed by atoms with Crippen LogP contribution in [0.3, 0.4) is 0 Å². The molecule has 0 fully saturated rings. The molecule has 0 bridgehead atoms. The maximum Gasteiger partial charge on any atom is 0.269 e. The van der Waals surface area contributed by atoms with Crippen LogP contribution in [0, 0.1) is 32.1 Å². The lowest BCUT2D eigenvalue weighted by Gasteiger charge is -2.13. The third kappa shape index (κ3) is 3.07. The van der Waals surface area contributed by atoms with Crippen molar-refractivity contribution in [2.45, 2.75) is 27.3 Å². The Morgan fingerprint density at radius 3 is 2.64 bits per heavy atom. The molecule has 5 heteroatoms. The molecule has 22 heavy (non-hydrogen) atoms. The van der Waals surface area contributed by atoms with Gasteiger partial charge in [-0.2, -0.15) is 5.26 Å². The lowest BCUT2D eigenvalue weighted by Crippen LogP contribution is -2.30. The van der Waals surface area contributed by atoms with Crippen molar-refractivity contribution >= 4 is 11.6 Å². The van der Waals surface area contributed by atoms with E-state index in [9.17, 15) is 9.59 Å². The molecule has 0 aliphatic carbocycles. The van der Waals surface area contributed by atoms with E-state index in [1.165, 1.54) is 10.6 Å². The van der Waals surface area contributed by atoms with E-state index in [4.69, 9.17) is 5.26 Å². The second kappa shape index (κ2) is 6.27. The van der Waals surface area contributed by atoms with Gasteiger partial charge in [-0.25, -0.2) is 0 Å². The highest BCUT2D eigenvalue weighted by atomic mass is 16.2. The summed E-state index contributed by atoms with van der Waals surface area (Å²) in [7, 11) is 0. The standard InChI is InChI=1S/C17H17N3O2/c1-11-5-4-6-15(13(11)3)19-16(21)10-20-12(2)7-8-14(9-18)17(20)22/h4-8H,10H2,1-3H3,(H,19,21). The predicted octanol–water partition coefficient (Wildman–Crippen LogP) is 2.28. The summed E-state index contributed by atoms with van der Waals surface area (Å²) in [6, 6.07) is 10.6. The second-order valence-corrected chi connectivity index (χ2v) is 5.19. The third-order valence-electron chi connectivity index (χ3n) is 3.69. The quantitative estimate of drug-likeness (QED) is 0.944. The fourth-order valence-corrected chi connectivity index (χ4v) is 2.17. The number of carbonyl (C=O) groups is 1. The molecule has 0 spiro atoms. The summed E-state index contributed by atoms with van der Waals surface area (Å²) in [4.78, 5) is 24.3. The van der Waals surface area contributed by atoms with Crippen molar-refractivity contribution in [1.82, 2.24) is 4.57 Å². The molecule has 5 nitrogen and oxygen atoms in total. The van der Waals surface area contributed by atoms with Crippen molar-refractivity contribution in [3.63, 3.8) is 0 Å². The Bertz CT molecular complexity index is 829. The average Bonchev–Trinajstić information content (AvgIpc) is 2.48. The van der Waals surface area contributed by atoms with Crippen LogP contribution in [-0.2, 0) is 11.3 Å². The van der Waals surface area contributed by atoms with Crippen LogP contribution < -0.4 is 10.9 Å². The molecule has 0 unspecified atom stereocenters. The molecule has 2 aromatic rings. The summed E-state index contributed by atoms with van der Waals surface area (Å²) in [6.07, 6.45) is 0. The zero-order valence-electron chi connectivity index (χ0n) is 12.8. The van der Waals surface area contributed by atoms with Gasteiger partial charge in [-0.3, -0.25) is 9.59 Å². The van der Waals surface area contributed by atoms with Gasteiger partial charge in [0.2, 0.25) is 5.91 Å². The van der Waals surface area contributed by atoms with Crippen LogP contribution in [-0.4, -0.2) is 10.5 Å². The van der Waals surface area contributed by atoms with E-state index >= 15 is 0 Å². The number of aryl methyl sites for hydroxylation is 2. The van der Waals surface area contributed by atoms with Crippen molar-refractivity contribution in [3.8, 4) is 6.07 Å². The van der Waals surface area contributed by atoms with E-state index in [0.29, 0.717) is 5.69 Å². The van der Waals surface area contributed by atoms with Crippen molar-refractivity contribution in [2.75, 3.05) is 5.32 Å². The molecule has 2 rings (SSSR count). The molecule has 0 saturated carbocycles. The van der Waals surface area contributed by atoms with Crippen molar-refractivity contribution in [3.05, 3.63) is 63.1 Å². The number of amides is 1. The van der Waals surface area contributed by atoms with Crippen molar-refractivity contribution < 1.29 is 4.79 Å². The molecule has 0 aliphatic heterocycles. The first kappa shape index (κ1) is 15.5. The Hall–Kier alpha value is -2.87. The zero-order chi connectivity index (χ0) is 16.3. The van der Waals surface area contributed by atoms with Crippen LogP contribution in [0.2, 0.25) is 0 Å². The van der Waals surface area contributed by atoms with Crippen LogP contribution >= 0.6 is 0 Å². The summed E-state index contributed by atoms with van der Waals surface area (Å²) in [6.45, 7) is 5.51. The summed E-state index contributed by atoms with van der Waals surface area (Å²) < 4.78 is 1.30. The van der Waals surface area contributed by atoms with Crippen LogP contribution in [0.15, 0.2) is 35.1 Å².